The van der Waals surface area contributed by atoms with E-state index in [4.69, 9.17) is 10.7 Å². The highest BCUT2D eigenvalue weighted by atomic mass is 79.9. The average molecular weight is 411 g/mol. The molecule has 0 fully saturated rings. The largest absolute Gasteiger partial charge is 0.335 e. The van der Waals surface area contributed by atoms with Gasteiger partial charge in [-0.2, -0.15) is 0 Å². The molecule has 2 aromatic rings. The predicted octanol–water partition coefficient (Wildman–Crippen LogP) is 2.35. The molecule has 3 N–H and O–H groups in total. The Balaban J connectivity index is 1.74. The molecular formula is C19H19BrN6. The van der Waals surface area contributed by atoms with Crippen LogP contribution in [0.25, 0.3) is 5.70 Å². The van der Waals surface area contributed by atoms with Crippen molar-refractivity contribution in [3.8, 4) is 0 Å². The van der Waals surface area contributed by atoms with Gasteiger partial charge in [-0.1, -0.05) is 52.3 Å². The summed E-state index contributed by atoms with van der Waals surface area (Å²) in [4.78, 5) is 15.8. The maximum atomic E-state index is 6.10. The Morgan fingerprint density at radius 1 is 1.23 bits per heavy atom. The van der Waals surface area contributed by atoms with Crippen LogP contribution in [0.1, 0.15) is 11.1 Å². The highest BCUT2D eigenvalue weighted by Gasteiger charge is 2.37. The van der Waals surface area contributed by atoms with E-state index in [9.17, 15) is 0 Å². The number of alkyl halides is 1. The second kappa shape index (κ2) is 7.39. The van der Waals surface area contributed by atoms with Gasteiger partial charge in [-0.05, 0) is 17.2 Å². The van der Waals surface area contributed by atoms with Gasteiger partial charge >= 0.3 is 0 Å². The molecular weight excluding hydrogens is 392 g/mol. The summed E-state index contributed by atoms with van der Waals surface area (Å²) in [6.07, 6.45) is 3.59. The number of pyridine rings is 1. The van der Waals surface area contributed by atoms with Gasteiger partial charge in [0.1, 0.15) is 4.95 Å². The summed E-state index contributed by atoms with van der Waals surface area (Å²) < 4.78 is 0. The normalized spacial score (nSPS) is 20.8. The highest BCUT2D eigenvalue weighted by Crippen LogP contribution is 2.30. The van der Waals surface area contributed by atoms with E-state index < -0.39 is 0 Å². The lowest BCUT2D eigenvalue weighted by Gasteiger charge is -2.34. The first kappa shape index (κ1) is 16.9. The van der Waals surface area contributed by atoms with Gasteiger partial charge in [0.15, 0.2) is 11.7 Å². The van der Waals surface area contributed by atoms with Gasteiger partial charge in [0, 0.05) is 18.9 Å². The van der Waals surface area contributed by atoms with Crippen molar-refractivity contribution in [2.45, 2.75) is 11.5 Å². The Bertz CT molecular complexity index is 875. The molecule has 6 nitrogen and oxygen atoms in total. The van der Waals surface area contributed by atoms with Crippen LogP contribution in [0, 0.1) is 0 Å². The molecule has 3 heterocycles. The van der Waals surface area contributed by atoms with E-state index in [-0.39, 0.29) is 4.95 Å². The molecule has 0 spiro atoms. The van der Waals surface area contributed by atoms with Gasteiger partial charge in [0.25, 0.3) is 0 Å². The van der Waals surface area contributed by atoms with Gasteiger partial charge in [-0.15, -0.1) is 0 Å². The molecule has 7 heteroatoms. The third-order valence-corrected chi connectivity index (χ3v) is 5.03. The summed E-state index contributed by atoms with van der Waals surface area (Å²) in [5, 5.41) is 3.47. The number of nitrogens with one attached hydrogen (secondary N) is 1. The van der Waals surface area contributed by atoms with Gasteiger partial charge < -0.3 is 16.0 Å². The summed E-state index contributed by atoms with van der Waals surface area (Å²) in [6, 6.07) is 14.1. The Hall–Kier alpha value is -2.51. The Morgan fingerprint density at radius 2 is 2.08 bits per heavy atom. The number of aromatic nitrogens is 1. The molecule has 132 valence electrons. The first-order valence-corrected chi connectivity index (χ1v) is 9.36. The van der Waals surface area contributed by atoms with Crippen molar-refractivity contribution < 1.29 is 0 Å². The van der Waals surface area contributed by atoms with Crippen molar-refractivity contribution in [2.24, 2.45) is 15.7 Å². The molecule has 26 heavy (non-hydrogen) atoms. The van der Waals surface area contributed by atoms with E-state index in [0.717, 1.165) is 34.2 Å². The van der Waals surface area contributed by atoms with Crippen LogP contribution >= 0.6 is 15.9 Å². The van der Waals surface area contributed by atoms with Crippen LogP contribution in [0.3, 0.4) is 0 Å². The summed E-state index contributed by atoms with van der Waals surface area (Å²) >= 11 is 3.71. The second-order valence-corrected chi connectivity index (χ2v) is 7.07. The molecule has 1 unspecified atom stereocenters. The molecule has 0 saturated carbocycles. The van der Waals surface area contributed by atoms with Crippen LogP contribution in [0.4, 0.5) is 0 Å². The lowest BCUT2D eigenvalue weighted by molar-refractivity contribution is 0.521. The lowest BCUT2D eigenvalue weighted by Crippen LogP contribution is -2.49. The molecule has 1 aromatic carbocycles. The zero-order valence-electron chi connectivity index (χ0n) is 14.1. The van der Waals surface area contributed by atoms with Crippen molar-refractivity contribution in [1.29, 1.82) is 0 Å². The highest BCUT2D eigenvalue weighted by molar-refractivity contribution is 9.09. The maximum absolute atomic E-state index is 6.10. The number of nitrogens with zero attached hydrogens (tertiary/aromatic N) is 4. The first-order chi connectivity index (χ1) is 12.8. The smallest absolute Gasteiger partial charge is 0.172 e. The Labute approximate surface area is 160 Å². The van der Waals surface area contributed by atoms with E-state index in [1.165, 1.54) is 0 Å². The van der Waals surface area contributed by atoms with E-state index in [0.29, 0.717) is 19.6 Å². The van der Waals surface area contributed by atoms with Crippen LogP contribution in [0.5, 0.6) is 0 Å². The van der Waals surface area contributed by atoms with Crippen molar-refractivity contribution in [1.82, 2.24) is 15.2 Å². The van der Waals surface area contributed by atoms with Gasteiger partial charge in [-0.25, -0.2) is 0 Å². The predicted molar refractivity (Wildman–Crippen MR) is 108 cm³/mol. The minimum atomic E-state index is 0.0838. The van der Waals surface area contributed by atoms with Crippen molar-refractivity contribution in [3.63, 3.8) is 0 Å². The molecule has 0 bridgehead atoms. The number of benzene rings is 1. The van der Waals surface area contributed by atoms with E-state index in [1.807, 2.05) is 36.5 Å². The first-order valence-electron chi connectivity index (χ1n) is 8.45. The zero-order valence-corrected chi connectivity index (χ0v) is 15.7. The van der Waals surface area contributed by atoms with Crippen LogP contribution < -0.4 is 11.1 Å². The molecule has 0 radical (unpaired) electrons. The third kappa shape index (κ3) is 3.15. The lowest BCUT2D eigenvalue weighted by atomic mass is 10.1. The number of rotatable bonds is 4. The summed E-state index contributed by atoms with van der Waals surface area (Å²) in [5.74, 6) is 1.59. The van der Waals surface area contributed by atoms with Crippen LogP contribution in [-0.2, 0) is 6.54 Å². The molecule has 0 amide bonds. The minimum absolute atomic E-state index is 0.0838. The Morgan fingerprint density at radius 3 is 2.81 bits per heavy atom. The fourth-order valence-electron chi connectivity index (χ4n) is 3.12. The SMILES string of the molecule is NCC1=C(c2ccccc2)NC(=NCc2cccnc2)C2=NCC(Br)N21. The Kier molecular flexibility index (Phi) is 4.81. The fourth-order valence-corrected chi connectivity index (χ4v) is 3.71. The zero-order chi connectivity index (χ0) is 17.9. The monoisotopic (exact) mass is 410 g/mol. The molecule has 0 saturated heterocycles. The minimum Gasteiger partial charge on any atom is -0.335 e. The molecule has 0 aliphatic carbocycles. The van der Waals surface area contributed by atoms with Gasteiger partial charge in [0.2, 0.25) is 0 Å². The quantitative estimate of drug-likeness (QED) is 0.598. The van der Waals surface area contributed by atoms with Gasteiger partial charge in [-0.3, -0.25) is 15.0 Å². The molecule has 4 rings (SSSR count). The molecule has 1 atom stereocenters. The molecule has 2 aliphatic rings. The summed E-state index contributed by atoms with van der Waals surface area (Å²) in [7, 11) is 0. The van der Waals surface area contributed by atoms with Crippen LogP contribution in [0.15, 0.2) is 70.5 Å². The second-order valence-electron chi connectivity index (χ2n) is 6.01. The van der Waals surface area contributed by atoms with Crippen molar-refractivity contribution in [2.75, 3.05) is 13.1 Å². The number of amidine groups is 2. The van der Waals surface area contributed by atoms with Crippen molar-refractivity contribution >= 4 is 33.3 Å². The fraction of sp³-hybridized carbons (Fsp3) is 0.211. The van der Waals surface area contributed by atoms with Gasteiger partial charge in [0.05, 0.1) is 24.5 Å². The number of fused-ring (bicyclic) bond motifs is 1. The number of hydrogen-bond donors (Lipinski definition) is 2. The summed E-state index contributed by atoms with van der Waals surface area (Å²) in [6.45, 7) is 1.61. The summed E-state index contributed by atoms with van der Waals surface area (Å²) in [5.41, 5.74) is 10.2. The number of aliphatic imine (C=N–C) groups is 2. The number of hydrogen-bond acceptors (Lipinski definition) is 5. The van der Waals surface area contributed by atoms with E-state index in [1.54, 1.807) is 6.20 Å². The van der Waals surface area contributed by atoms with Crippen LogP contribution in [-0.4, -0.2) is 39.6 Å². The maximum Gasteiger partial charge on any atom is 0.172 e. The topological polar surface area (TPSA) is 78.9 Å². The number of nitrogens with two attached hydrogens (primary N) is 1. The van der Waals surface area contributed by atoms with E-state index >= 15 is 0 Å². The standard InChI is InChI=1S/C19H19BrN6/c20-16-12-24-19-18(23-11-13-5-4-8-22-10-13)25-17(15(9-21)26(16)19)14-6-2-1-3-7-14/h1-8,10,16H,9,11-12,21H2,(H,23,25). The van der Waals surface area contributed by atoms with Crippen molar-refractivity contribution in [3.05, 3.63) is 71.7 Å². The average Bonchev–Trinajstić information content (AvgIpc) is 3.09. The van der Waals surface area contributed by atoms with Crippen LogP contribution in [0.2, 0.25) is 0 Å². The van der Waals surface area contributed by atoms with E-state index in [2.05, 4.69) is 48.3 Å². The number of halogens is 1. The molecule has 2 aliphatic heterocycles. The molecule has 1 aromatic heterocycles. The third-order valence-electron chi connectivity index (χ3n) is 4.33.